The second-order valence-electron chi connectivity index (χ2n) is 3.47. The molecule has 0 bridgehead atoms. The first kappa shape index (κ1) is 12.9. The highest BCUT2D eigenvalue weighted by Gasteiger charge is 2.15. The van der Waals surface area contributed by atoms with E-state index >= 15 is 0 Å². The molecule has 1 unspecified atom stereocenters. The van der Waals surface area contributed by atoms with Crippen LogP contribution in [0.15, 0.2) is 36.9 Å². The van der Waals surface area contributed by atoms with Crippen molar-refractivity contribution in [2.45, 2.75) is 12.5 Å². The van der Waals surface area contributed by atoms with E-state index in [4.69, 9.17) is 10.8 Å². The summed E-state index contributed by atoms with van der Waals surface area (Å²) in [7, 11) is 0. The average molecular weight is 234 g/mol. The molecule has 0 aliphatic heterocycles. The van der Waals surface area contributed by atoms with E-state index in [-0.39, 0.29) is 11.3 Å². The van der Waals surface area contributed by atoms with Gasteiger partial charge in [-0.05, 0) is 18.6 Å². The topological polar surface area (TPSA) is 92.4 Å². The van der Waals surface area contributed by atoms with Crippen molar-refractivity contribution < 1.29 is 14.7 Å². The second-order valence-corrected chi connectivity index (χ2v) is 3.47. The van der Waals surface area contributed by atoms with Gasteiger partial charge in [0.05, 0.1) is 17.3 Å². The van der Waals surface area contributed by atoms with Crippen LogP contribution >= 0.6 is 0 Å². The maximum atomic E-state index is 11.6. The molecule has 1 rings (SSSR count). The monoisotopic (exact) mass is 234 g/mol. The molecule has 0 aliphatic rings. The number of carbonyl (C=O) groups excluding carboxylic acids is 1. The molecule has 0 radical (unpaired) electrons. The summed E-state index contributed by atoms with van der Waals surface area (Å²) in [4.78, 5) is 22.5. The lowest BCUT2D eigenvalue weighted by Gasteiger charge is -2.11. The second kappa shape index (κ2) is 5.81. The molecular weight excluding hydrogens is 220 g/mol. The van der Waals surface area contributed by atoms with Gasteiger partial charge in [0, 0.05) is 0 Å². The van der Waals surface area contributed by atoms with Crippen molar-refractivity contribution in [3.63, 3.8) is 0 Å². The van der Waals surface area contributed by atoms with Crippen LogP contribution in [-0.4, -0.2) is 23.0 Å². The molecule has 0 aromatic heterocycles. The highest BCUT2D eigenvalue weighted by Crippen LogP contribution is 2.15. The maximum Gasteiger partial charge on any atom is 0.337 e. The lowest BCUT2D eigenvalue weighted by molar-refractivity contribution is -0.117. The van der Waals surface area contributed by atoms with Gasteiger partial charge in [-0.1, -0.05) is 18.2 Å². The van der Waals surface area contributed by atoms with Crippen molar-refractivity contribution in [1.29, 1.82) is 0 Å². The van der Waals surface area contributed by atoms with E-state index in [2.05, 4.69) is 11.9 Å². The largest absolute Gasteiger partial charge is 0.478 e. The number of carboxylic acids is 1. The number of carbonyl (C=O) groups is 2. The van der Waals surface area contributed by atoms with Crippen LogP contribution in [0.4, 0.5) is 5.69 Å². The third-order valence-electron chi connectivity index (χ3n) is 2.17. The van der Waals surface area contributed by atoms with Gasteiger partial charge in [0.2, 0.25) is 5.91 Å². The number of carboxylic acid groups (broad SMARTS) is 1. The summed E-state index contributed by atoms with van der Waals surface area (Å²) in [5.41, 5.74) is 5.85. The first-order valence-corrected chi connectivity index (χ1v) is 5.06. The van der Waals surface area contributed by atoms with Crippen LogP contribution in [-0.2, 0) is 4.79 Å². The fourth-order valence-electron chi connectivity index (χ4n) is 1.29. The van der Waals surface area contributed by atoms with Crippen LogP contribution in [0.2, 0.25) is 0 Å². The zero-order chi connectivity index (χ0) is 12.8. The molecule has 1 amide bonds. The summed E-state index contributed by atoms with van der Waals surface area (Å²) in [5.74, 6) is -1.53. The number of hydrogen-bond acceptors (Lipinski definition) is 3. The van der Waals surface area contributed by atoms with Gasteiger partial charge in [-0.25, -0.2) is 4.79 Å². The summed E-state index contributed by atoms with van der Waals surface area (Å²) in [5, 5.41) is 11.4. The van der Waals surface area contributed by atoms with Gasteiger partial charge in [0.25, 0.3) is 0 Å². The number of nitrogens with one attached hydrogen (secondary N) is 1. The lowest BCUT2D eigenvalue weighted by atomic mass is 10.1. The number of nitrogens with two attached hydrogens (primary N) is 1. The Kier molecular flexibility index (Phi) is 4.42. The van der Waals surface area contributed by atoms with Gasteiger partial charge in [0.1, 0.15) is 0 Å². The Morgan fingerprint density at radius 1 is 1.47 bits per heavy atom. The molecule has 1 aromatic rings. The molecule has 5 heteroatoms. The maximum absolute atomic E-state index is 11.6. The standard InChI is InChI=1S/C12H14N2O3/c1-2-5-9(13)11(15)14-10-7-4-3-6-8(10)12(16)17/h2-4,6-7,9H,1,5,13H2,(H,14,15)(H,16,17). The van der Waals surface area contributed by atoms with E-state index in [1.165, 1.54) is 18.2 Å². The van der Waals surface area contributed by atoms with E-state index in [1.807, 2.05) is 0 Å². The van der Waals surface area contributed by atoms with E-state index < -0.39 is 17.9 Å². The van der Waals surface area contributed by atoms with Crippen LogP contribution in [0.1, 0.15) is 16.8 Å². The summed E-state index contributed by atoms with van der Waals surface area (Å²) >= 11 is 0. The highest BCUT2D eigenvalue weighted by atomic mass is 16.4. The molecular formula is C12H14N2O3. The summed E-state index contributed by atoms with van der Waals surface area (Å²) in [6, 6.07) is 5.43. The molecule has 17 heavy (non-hydrogen) atoms. The van der Waals surface area contributed by atoms with E-state index in [0.29, 0.717) is 6.42 Å². The minimum Gasteiger partial charge on any atom is -0.478 e. The summed E-state index contributed by atoms with van der Waals surface area (Å²) in [6.07, 6.45) is 1.87. The third-order valence-corrected chi connectivity index (χ3v) is 2.17. The molecule has 0 saturated carbocycles. The Balaban J connectivity index is 2.84. The predicted molar refractivity (Wildman–Crippen MR) is 64.8 cm³/mol. The molecule has 90 valence electrons. The Morgan fingerprint density at radius 3 is 2.71 bits per heavy atom. The zero-order valence-electron chi connectivity index (χ0n) is 9.22. The van der Waals surface area contributed by atoms with Crippen molar-refractivity contribution in [2.75, 3.05) is 5.32 Å². The number of hydrogen-bond donors (Lipinski definition) is 3. The summed E-state index contributed by atoms with van der Waals surface area (Å²) < 4.78 is 0. The quantitative estimate of drug-likeness (QED) is 0.668. The Labute approximate surface area is 98.9 Å². The van der Waals surface area contributed by atoms with Crippen LogP contribution in [0, 0.1) is 0 Å². The van der Waals surface area contributed by atoms with Gasteiger partial charge >= 0.3 is 5.97 Å². The van der Waals surface area contributed by atoms with Gasteiger partial charge in [-0.2, -0.15) is 0 Å². The minimum absolute atomic E-state index is 0.0339. The Bertz CT molecular complexity index is 443. The molecule has 0 fully saturated rings. The molecule has 0 heterocycles. The molecule has 0 saturated heterocycles. The van der Waals surface area contributed by atoms with E-state index in [1.54, 1.807) is 12.1 Å². The van der Waals surface area contributed by atoms with Crippen LogP contribution < -0.4 is 11.1 Å². The molecule has 0 spiro atoms. The predicted octanol–water partition coefficient (Wildman–Crippen LogP) is 1.23. The van der Waals surface area contributed by atoms with Crippen molar-refractivity contribution in [1.82, 2.24) is 0 Å². The van der Waals surface area contributed by atoms with Gasteiger partial charge < -0.3 is 16.2 Å². The van der Waals surface area contributed by atoms with Crippen molar-refractivity contribution >= 4 is 17.6 Å². The lowest BCUT2D eigenvalue weighted by Crippen LogP contribution is -2.35. The average Bonchev–Trinajstić information content (AvgIpc) is 2.29. The fraction of sp³-hybridized carbons (Fsp3) is 0.167. The van der Waals surface area contributed by atoms with Crippen LogP contribution in [0.5, 0.6) is 0 Å². The highest BCUT2D eigenvalue weighted by molar-refractivity contribution is 6.02. The summed E-state index contributed by atoms with van der Waals surface area (Å²) in [6.45, 7) is 3.48. The molecule has 5 nitrogen and oxygen atoms in total. The van der Waals surface area contributed by atoms with Crippen molar-refractivity contribution in [3.05, 3.63) is 42.5 Å². The number of anilines is 1. The SMILES string of the molecule is C=CCC(N)C(=O)Nc1ccccc1C(=O)O. The number of rotatable bonds is 5. The first-order chi connectivity index (χ1) is 8.06. The van der Waals surface area contributed by atoms with Crippen LogP contribution in [0.3, 0.4) is 0 Å². The third kappa shape index (κ3) is 3.42. The number of amides is 1. The number of para-hydroxylation sites is 1. The smallest absolute Gasteiger partial charge is 0.337 e. The Hall–Kier alpha value is -2.14. The molecule has 1 atom stereocenters. The molecule has 0 aliphatic carbocycles. The first-order valence-electron chi connectivity index (χ1n) is 5.06. The number of aromatic carboxylic acids is 1. The molecule has 4 N–H and O–H groups in total. The number of benzene rings is 1. The minimum atomic E-state index is -1.10. The normalized spacial score (nSPS) is 11.6. The van der Waals surface area contributed by atoms with Gasteiger partial charge in [0.15, 0.2) is 0 Å². The van der Waals surface area contributed by atoms with Gasteiger partial charge in [-0.3, -0.25) is 4.79 Å². The van der Waals surface area contributed by atoms with Crippen LogP contribution in [0.25, 0.3) is 0 Å². The van der Waals surface area contributed by atoms with E-state index in [9.17, 15) is 9.59 Å². The van der Waals surface area contributed by atoms with Crippen molar-refractivity contribution in [2.24, 2.45) is 5.73 Å². The van der Waals surface area contributed by atoms with E-state index in [0.717, 1.165) is 0 Å². The zero-order valence-corrected chi connectivity index (χ0v) is 9.22. The fourth-order valence-corrected chi connectivity index (χ4v) is 1.29. The molecule has 1 aromatic carbocycles. The Morgan fingerprint density at radius 2 is 2.12 bits per heavy atom. The van der Waals surface area contributed by atoms with Crippen molar-refractivity contribution in [3.8, 4) is 0 Å². The van der Waals surface area contributed by atoms with Gasteiger partial charge in [-0.15, -0.1) is 6.58 Å².